The third-order valence-corrected chi connectivity index (χ3v) is 6.12. The van der Waals surface area contributed by atoms with Crippen molar-refractivity contribution in [2.45, 2.75) is 68.2 Å². The highest BCUT2D eigenvalue weighted by atomic mass is 16.5. The average molecular weight is 515 g/mol. The van der Waals surface area contributed by atoms with E-state index in [9.17, 15) is 10.2 Å². The molecule has 2 N–H and O–H groups in total. The van der Waals surface area contributed by atoms with E-state index in [1.165, 1.54) is 0 Å². The van der Waals surface area contributed by atoms with Gasteiger partial charge in [0.25, 0.3) is 0 Å². The number of nitrogens with zero attached hydrogens (tertiary/aromatic N) is 2. The van der Waals surface area contributed by atoms with E-state index in [4.69, 9.17) is 14.7 Å². The Balaban J connectivity index is 2.01. The number of ether oxygens (including phenoxy) is 1. The lowest BCUT2D eigenvalue weighted by Crippen LogP contribution is -2.09. The lowest BCUT2D eigenvalue weighted by atomic mass is 9.87. The Hall–Kier alpha value is -3.60. The summed E-state index contributed by atoms with van der Waals surface area (Å²) in [5, 5.41) is 21.4. The van der Waals surface area contributed by atoms with Crippen LogP contribution in [-0.2, 0) is 12.8 Å². The van der Waals surface area contributed by atoms with E-state index >= 15 is 0 Å². The van der Waals surface area contributed by atoms with Gasteiger partial charge in [-0.3, -0.25) is 9.98 Å². The number of rotatable bonds is 7. The third kappa shape index (κ3) is 7.95. The van der Waals surface area contributed by atoms with Gasteiger partial charge >= 0.3 is 0 Å². The zero-order chi connectivity index (χ0) is 28.3. The van der Waals surface area contributed by atoms with Crippen LogP contribution in [0, 0.1) is 24.7 Å². The molecule has 0 atom stereocenters. The van der Waals surface area contributed by atoms with Crippen LogP contribution in [0.2, 0.25) is 0 Å². The summed E-state index contributed by atoms with van der Waals surface area (Å²) in [6, 6.07) is 13.5. The molecule has 0 aromatic heterocycles. The van der Waals surface area contributed by atoms with Gasteiger partial charge in [-0.15, -0.1) is 0 Å². The molecular formula is C33H42N2O3. The van der Waals surface area contributed by atoms with Gasteiger partial charge in [-0.05, 0) is 84.0 Å². The number of aliphatic imine (C=N–C) groups is 2. The Kier molecular flexibility index (Phi) is 8.71. The van der Waals surface area contributed by atoms with Gasteiger partial charge in [0, 0.05) is 29.6 Å². The Morgan fingerprint density at radius 3 is 1.55 bits per heavy atom. The number of hydrogen-bond acceptors (Lipinski definition) is 5. The molecule has 38 heavy (non-hydrogen) atoms. The van der Waals surface area contributed by atoms with E-state index < -0.39 is 0 Å². The number of methoxy groups -OCH3 is 1. The molecule has 3 aromatic rings. The maximum absolute atomic E-state index is 10.7. The average Bonchev–Trinajstić information content (AvgIpc) is 2.79. The minimum atomic E-state index is 0.126. The van der Waals surface area contributed by atoms with Gasteiger partial charge in [-0.1, -0.05) is 53.7 Å². The minimum Gasteiger partial charge on any atom is -0.507 e. The van der Waals surface area contributed by atoms with Crippen molar-refractivity contribution in [3.05, 3.63) is 75.8 Å². The van der Waals surface area contributed by atoms with Crippen molar-refractivity contribution in [2.75, 3.05) is 7.11 Å². The van der Waals surface area contributed by atoms with Crippen LogP contribution in [0.3, 0.4) is 0 Å². The second kappa shape index (κ2) is 11.4. The second-order valence-electron chi connectivity index (χ2n) is 12.5. The van der Waals surface area contributed by atoms with Crippen LogP contribution in [0.1, 0.15) is 74.9 Å². The Bertz CT molecular complexity index is 1360. The Morgan fingerprint density at radius 2 is 1.13 bits per heavy atom. The summed E-state index contributed by atoms with van der Waals surface area (Å²) >= 11 is 0. The standard InChI is InChI=1S/C33H42N2O3/c1-21-12-23(17-32(3,4)5)14-25(30(21)36)19-34-28-11-10-27(38-9)16-29(28)35-20-26-15-24(18-33(6,7)8)13-22(2)31(26)37/h10-16,19-20,36-37H,17-18H2,1-9H3. The van der Waals surface area contributed by atoms with Gasteiger partial charge in [0.2, 0.25) is 0 Å². The zero-order valence-electron chi connectivity index (χ0n) is 24.3. The van der Waals surface area contributed by atoms with Crippen LogP contribution in [0.25, 0.3) is 0 Å². The fourth-order valence-corrected chi connectivity index (χ4v) is 4.51. The van der Waals surface area contributed by atoms with Gasteiger partial charge in [0.05, 0.1) is 18.5 Å². The number of hydrogen-bond donors (Lipinski definition) is 2. The summed E-state index contributed by atoms with van der Waals surface area (Å²) in [5.74, 6) is 1.10. The van der Waals surface area contributed by atoms with Crippen LogP contribution in [0.5, 0.6) is 17.2 Å². The summed E-state index contributed by atoms with van der Waals surface area (Å²) in [5.41, 5.74) is 6.75. The molecule has 0 amide bonds. The van der Waals surface area contributed by atoms with E-state index in [1.54, 1.807) is 19.5 Å². The van der Waals surface area contributed by atoms with E-state index in [0.29, 0.717) is 28.3 Å². The maximum Gasteiger partial charge on any atom is 0.127 e. The normalized spacial score (nSPS) is 12.6. The van der Waals surface area contributed by atoms with Gasteiger partial charge in [0.15, 0.2) is 0 Å². The molecule has 0 aliphatic carbocycles. The maximum atomic E-state index is 10.7. The molecule has 5 heteroatoms. The molecule has 202 valence electrons. The van der Waals surface area contributed by atoms with Gasteiger partial charge < -0.3 is 14.9 Å². The van der Waals surface area contributed by atoms with Crippen molar-refractivity contribution in [3.63, 3.8) is 0 Å². The van der Waals surface area contributed by atoms with Crippen molar-refractivity contribution < 1.29 is 14.9 Å². The van der Waals surface area contributed by atoms with Crippen molar-refractivity contribution >= 4 is 23.8 Å². The van der Waals surface area contributed by atoms with Crippen molar-refractivity contribution in [1.29, 1.82) is 0 Å². The molecular weight excluding hydrogens is 472 g/mol. The molecule has 5 nitrogen and oxygen atoms in total. The quantitative estimate of drug-likeness (QED) is 0.311. The first-order chi connectivity index (χ1) is 17.6. The predicted molar refractivity (Wildman–Crippen MR) is 160 cm³/mol. The number of aromatic hydroxyl groups is 2. The monoisotopic (exact) mass is 514 g/mol. The zero-order valence-corrected chi connectivity index (χ0v) is 24.3. The number of aryl methyl sites for hydroxylation is 2. The van der Waals surface area contributed by atoms with Gasteiger partial charge in [-0.25, -0.2) is 0 Å². The first-order valence-electron chi connectivity index (χ1n) is 13.1. The van der Waals surface area contributed by atoms with Crippen LogP contribution >= 0.6 is 0 Å². The van der Waals surface area contributed by atoms with Crippen molar-refractivity contribution in [2.24, 2.45) is 20.8 Å². The molecule has 0 saturated heterocycles. The van der Waals surface area contributed by atoms with Crippen molar-refractivity contribution in [1.82, 2.24) is 0 Å². The largest absolute Gasteiger partial charge is 0.507 e. The Labute approximate surface area is 228 Å². The van der Waals surface area contributed by atoms with E-state index in [0.717, 1.165) is 35.1 Å². The molecule has 0 bridgehead atoms. The Morgan fingerprint density at radius 1 is 0.684 bits per heavy atom. The molecule has 0 aliphatic rings. The minimum absolute atomic E-state index is 0.126. The summed E-state index contributed by atoms with van der Waals surface area (Å²) in [4.78, 5) is 9.39. The van der Waals surface area contributed by atoms with Crippen LogP contribution in [-0.4, -0.2) is 29.8 Å². The molecule has 3 rings (SSSR count). The highest BCUT2D eigenvalue weighted by Gasteiger charge is 2.15. The molecule has 0 saturated carbocycles. The van der Waals surface area contributed by atoms with E-state index in [1.807, 2.05) is 56.3 Å². The second-order valence-corrected chi connectivity index (χ2v) is 12.5. The lowest BCUT2D eigenvalue weighted by Gasteiger charge is -2.19. The molecule has 0 fully saturated rings. The van der Waals surface area contributed by atoms with Gasteiger partial charge in [-0.2, -0.15) is 0 Å². The SMILES string of the molecule is COc1ccc(N=Cc2cc(CC(C)(C)C)cc(C)c2O)c(N=Cc2cc(CC(C)(C)C)cc(C)c2O)c1. The predicted octanol–water partition coefficient (Wildman–Crippen LogP) is 8.40. The lowest BCUT2D eigenvalue weighted by molar-refractivity contribution is 0.410. The molecule has 0 heterocycles. The van der Waals surface area contributed by atoms with E-state index in [-0.39, 0.29) is 22.3 Å². The van der Waals surface area contributed by atoms with E-state index in [2.05, 4.69) is 41.5 Å². The first kappa shape index (κ1) is 29.0. The molecule has 0 radical (unpaired) electrons. The molecule has 0 spiro atoms. The number of phenolic OH excluding ortho intramolecular Hbond substituents is 2. The third-order valence-electron chi connectivity index (χ3n) is 6.12. The van der Waals surface area contributed by atoms with Gasteiger partial charge in [0.1, 0.15) is 17.2 Å². The molecule has 0 aliphatic heterocycles. The number of benzene rings is 3. The molecule has 0 unspecified atom stereocenters. The van der Waals surface area contributed by atoms with Crippen LogP contribution in [0.15, 0.2) is 52.4 Å². The molecule has 3 aromatic carbocycles. The van der Waals surface area contributed by atoms with Crippen LogP contribution < -0.4 is 4.74 Å². The first-order valence-corrected chi connectivity index (χ1v) is 13.1. The highest BCUT2D eigenvalue weighted by Crippen LogP contribution is 2.34. The summed E-state index contributed by atoms with van der Waals surface area (Å²) in [6.07, 6.45) is 5.14. The van der Waals surface area contributed by atoms with Crippen molar-refractivity contribution in [3.8, 4) is 17.2 Å². The fourth-order valence-electron chi connectivity index (χ4n) is 4.51. The fraction of sp³-hybridized carbons (Fsp3) is 0.394. The smallest absolute Gasteiger partial charge is 0.127 e. The highest BCUT2D eigenvalue weighted by molar-refractivity contribution is 5.90. The summed E-state index contributed by atoms with van der Waals surface area (Å²) < 4.78 is 5.42. The van der Waals surface area contributed by atoms with Crippen LogP contribution in [0.4, 0.5) is 11.4 Å². The topological polar surface area (TPSA) is 74.4 Å². The number of phenols is 2. The summed E-state index contributed by atoms with van der Waals surface area (Å²) in [7, 11) is 1.61. The summed E-state index contributed by atoms with van der Waals surface area (Å²) in [6.45, 7) is 17.0.